The molecule has 0 saturated heterocycles. The Morgan fingerprint density at radius 2 is 1.73 bits per heavy atom. The van der Waals surface area contributed by atoms with Crippen molar-refractivity contribution in [3.8, 4) is 11.5 Å². The third kappa shape index (κ3) is 3.88. The summed E-state index contributed by atoms with van der Waals surface area (Å²) in [7, 11) is 0. The minimum atomic E-state index is -0.304. The number of carbonyl (C=O) groups excluding carboxylic acids is 1. The van der Waals surface area contributed by atoms with Gasteiger partial charge in [-0.3, -0.25) is 4.79 Å². The van der Waals surface area contributed by atoms with Crippen LogP contribution in [0.5, 0.6) is 0 Å². The molecule has 0 aliphatic carbocycles. The molecule has 0 radical (unpaired) electrons. The number of hydrogen-bond acceptors (Lipinski definition) is 5. The maximum atomic E-state index is 12.8. The monoisotopic (exact) mass is 366 g/mol. The van der Waals surface area contributed by atoms with E-state index in [2.05, 4.69) is 23.2 Å². The van der Waals surface area contributed by atoms with Crippen molar-refractivity contribution in [1.82, 2.24) is 10.2 Å². The molecule has 1 heterocycles. The minimum absolute atomic E-state index is 0.0749. The Kier molecular flexibility index (Phi) is 5.28. The summed E-state index contributed by atoms with van der Waals surface area (Å²) in [4.78, 5) is 12.8. The Labute approximate surface area is 158 Å². The first kappa shape index (κ1) is 18.4. The summed E-state index contributed by atoms with van der Waals surface area (Å²) >= 11 is 1.30. The van der Waals surface area contributed by atoms with Crippen molar-refractivity contribution in [2.45, 2.75) is 45.1 Å². The number of rotatable bonds is 5. The largest absolute Gasteiger partial charge is 0.411 e. The van der Waals surface area contributed by atoms with E-state index in [0.29, 0.717) is 11.1 Å². The number of benzene rings is 2. The average molecular weight is 366 g/mol. The van der Waals surface area contributed by atoms with E-state index < -0.39 is 0 Å². The van der Waals surface area contributed by atoms with Crippen molar-refractivity contribution >= 4 is 17.5 Å². The molecular weight excluding hydrogens is 344 g/mol. The number of thioether (sulfide) groups is 1. The maximum Gasteiger partial charge on any atom is 0.277 e. The SMILES string of the molecule is Cc1cccc(-c2nnc(S[C@H](C)C(=O)c3cc(C)c(C)cc3C)o2)c1. The second kappa shape index (κ2) is 7.46. The van der Waals surface area contributed by atoms with E-state index in [1.165, 1.54) is 17.3 Å². The summed E-state index contributed by atoms with van der Waals surface area (Å²) in [6.07, 6.45) is 0. The highest BCUT2D eigenvalue weighted by Gasteiger charge is 2.22. The maximum absolute atomic E-state index is 12.8. The van der Waals surface area contributed by atoms with E-state index in [4.69, 9.17) is 4.42 Å². The second-order valence-corrected chi connectivity index (χ2v) is 7.91. The lowest BCUT2D eigenvalue weighted by Gasteiger charge is -2.12. The van der Waals surface area contributed by atoms with Crippen LogP contribution in [-0.4, -0.2) is 21.2 Å². The number of hydrogen-bond donors (Lipinski definition) is 0. The molecule has 1 aromatic heterocycles. The van der Waals surface area contributed by atoms with Gasteiger partial charge in [-0.1, -0.05) is 35.5 Å². The van der Waals surface area contributed by atoms with Gasteiger partial charge in [0.15, 0.2) is 5.78 Å². The summed E-state index contributed by atoms with van der Waals surface area (Å²) in [6.45, 7) is 9.94. The average Bonchev–Trinajstić information content (AvgIpc) is 3.06. The topological polar surface area (TPSA) is 56.0 Å². The molecule has 0 aliphatic rings. The van der Waals surface area contributed by atoms with Gasteiger partial charge in [0.1, 0.15) is 0 Å². The smallest absolute Gasteiger partial charge is 0.277 e. The van der Waals surface area contributed by atoms with E-state index in [-0.39, 0.29) is 11.0 Å². The number of aromatic nitrogens is 2. The van der Waals surface area contributed by atoms with Gasteiger partial charge >= 0.3 is 0 Å². The van der Waals surface area contributed by atoms with Crippen molar-refractivity contribution < 1.29 is 9.21 Å². The zero-order chi connectivity index (χ0) is 18.8. The van der Waals surface area contributed by atoms with Gasteiger partial charge in [0.05, 0.1) is 5.25 Å². The predicted molar refractivity (Wildman–Crippen MR) is 105 cm³/mol. The molecule has 0 fully saturated rings. The number of Topliss-reactive ketones (excluding diaryl/α,β-unsaturated/α-hetero) is 1. The minimum Gasteiger partial charge on any atom is -0.411 e. The van der Waals surface area contributed by atoms with Crippen LogP contribution in [0.25, 0.3) is 11.5 Å². The van der Waals surface area contributed by atoms with Gasteiger partial charge in [-0.25, -0.2) is 0 Å². The Morgan fingerprint density at radius 3 is 2.46 bits per heavy atom. The van der Waals surface area contributed by atoms with Gasteiger partial charge in [0.25, 0.3) is 5.22 Å². The van der Waals surface area contributed by atoms with Gasteiger partial charge in [0.2, 0.25) is 5.89 Å². The summed E-state index contributed by atoms with van der Waals surface area (Å²) in [5.41, 5.74) is 6.08. The third-order valence-electron chi connectivity index (χ3n) is 4.42. The fourth-order valence-corrected chi connectivity index (χ4v) is 3.55. The normalized spacial score (nSPS) is 12.2. The quantitative estimate of drug-likeness (QED) is 0.451. The highest BCUT2D eigenvalue weighted by atomic mass is 32.2. The number of carbonyl (C=O) groups is 1. The van der Waals surface area contributed by atoms with Gasteiger partial charge in [-0.15, -0.1) is 10.2 Å². The van der Waals surface area contributed by atoms with Crippen LogP contribution in [0.15, 0.2) is 46.0 Å². The molecule has 0 unspecified atom stereocenters. The molecule has 5 heteroatoms. The zero-order valence-corrected chi connectivity index (χ0v) is 16.5. The van der Waals surface area contributed by atoms with Crippen LogP contribution < -0.4 is 0 Å². The third-order valence-corrected chi connectivity index (χ3v) is 5.36. The first-order valence-electron chi connectivity index (χ1n) is 8.54. The lowest BCUT2D eigenvalue weighted by molar-refractivity contribution is 0.0993. The second-order valence-electron chi connectivity index (χ2n) is 6.62. The summed E-state index contributed by atoms with van der Waals surface area (Å²) in [5.74, 6) is 0.545. The zero-order valence-electron chi connectivity index (χ0n) is 15.7. The van der Waals surface area contributed by atoms with Gasteiger partial charge < -0.3 is 4.42 Å². The molecule has 0 spiro atoms. The Morgan fingerprint density at radius 1 is 1.00 bits per heavy atom. The molecule has 3 aromatic rings. The van der Waals surface area contributed by atoms with E-state index in [1.807, 2.05) is 58.0 Å². The molecule has 0 aliphatic heterocycles. The van der Waals surface area contributed by atoms with Crippen LogP contribution in [0.2, 0.25) is 0 Å². The van der Waals surface area contributed by atoms with Crippen molar-refractivity contribution in [3.63, 3.8) is 0 Å². The van der Waals surface area contributed by atoms with E-state index in [9.17, 15) is 4.79 Å². The summed E-state index contributed by atoms with van der Waals surface area (Å²) in [6, 6.07) is 11.9. The molecule has 4 nitrogen and oxygen atoms in total. The molecule has 0 bridgehead atoms. The van der Waals surface area contributed by atoms with Crippen molar-refractivity contribution in [2.24, 2.45) is 0 Å². The molecule has 0 amide bonds. The highest BCUT2D eigenvalue weighted by Crippen LogP contribution is 2.29. The molecule has 1 atom stereocenters. The van der Waals surface area contributed by atoms with E-state index in [1.54, 1.807) is 0 Å². The van der Waals surface area contributed by atoms with Crippen molar-refractivity contribution in [1.29, 1.82) is 0 Å². The van der Waals surface area contributed by atoms with Crippen molar-refractivity contribution in [3.05, 3.63) is 64.2 Å². The number of nitrogens with zero attached hydrogens (tertiary/aromatic N) is 2. The van der Waals surface area contributed by atoms with E-state index in [0.717, 1.165) is 27.8 Å². The Bertz CT molecular complexity index is 962. The van der Waals surface area contributed by atoms with Crippen LogP contribution in [-0.2, 0) is 0 Å². The Balaban J connectivity index is 1.77. The number of ketones is 1. The first-order chi connectivity index (χ1) is 12.3. The summed E-state index contributed by atoms with van der Waals surface area (Å²) < 4.78 is 5.74. The van der Waals surface area contributed by atoms with Crippen LogP contribution in [0.3, 0.4) is 0 Å². The fraction of sp³-hybridized carbons (Fsp3) is 0.286. The lowest BCUT2D eigenvalue weighted by Crippen LogP contribution is -2.15. The van der Waals surface area contributed by atoms with Crippen LogP contribution in [0.4, 0.5) is 0 Å². The van der Waals surface area contributed by atoms with Gasteiger partial charge in [-0.05, 0) is 69.5 Å². The molecule has 0 N–H and O–H groups in total. The predicted octanol–water partition coefficient (Wildman–Crippen LogP) is 5.33. The molecular formula is C21H22N2O2S. The molecule has 2 aromatic carbocycles. The molecule has 26 heavy (non-hydrogen) atoms. The van der Waals surface area contributed by atoms with Crippen LogP contribution in [0, 0.1) is 27.7 Å². The molecule has 0 saturated carbocycles. The summed E-state index contributed by atoms with van der Waals surface area (Å²) in [5, 5.41) is 8.30. The van der Waals surface area contributed by atoms with E-state index >= 15 is 0 Å². The Hall–Kier alpha value is -2.40. The highest BCUT2D eigenvalue weighted by molar-refractivity contribution is 8.00. The first-order valence-corrected chi connectivity index (χ1v) is 9.42. The van der Waals surface area contributed by atoms with Crippen molar-refractivity contribution in [2.75, 3.05) is 0 Å². The standard InChI is InChI=1S/C21H22N2O2S/c1-12-7-6-8-17(9-12)20-22-23-21(25-20)26-16(5)19(24)18-11-14(3)13(2)10-15(18)4/h6-11,16H,1-5H3/t16-/m1/s1. The molecule has 134 valence electrons. The van der Waals surface area contributed by atoms with Gasteiger partial charge in [-0.2, -0.15) is 0 Å². The van der Waals surface area contributed by atoms with Crippen LogP contribution in [0.1, 0.15) is 39.5 Å². The van der Waals surface area contributed by atoms with Crippen LogP contribution >= 0.6 is 11.8 Å². The van der Waals surface area contributed by atoms with Gasteiger partial charge in [0, 0.05) is 11.1 Å². The fourth-order valence-electron chi connectivity index (χ4n) is 2.80. The molecule has 3 rings (SSSR count). The lowest BCUT2D eigenvalue weighted by atomic mass is 9.97. The number of aryl methyl sites for hydroxylation is 4.